The number of ketones is 1. The van der Waals surface area contributed by atoms with E-state index >= 15 is 4.39 Å². The van der Waals surface area contributed by atoms with Gasteiger partial charge in [0.15, 0.2) is 0 Å². The zero-order valence-corrected chi connectivity index (χ0v) is 25.4. The average Bonchev–Trinajstić information content (AvgIpc) is 3.40. The Kier molecular flexibility index (Phi) is 7.42. The van der Waals surface area contributed by atoms with E-state index < -0.39 is 40.5 Å². The fourth-order valence-electron chi connectivity index (χ4n) is 8.50. The number of carbonyl (C=O) groups excluding carboxylic acids is 3. The van der Waals surface area contributed by atoms with Crippen LogP contribution in [-0.4, -0.2) is 35.3 Å². The van der Waals surface area contributed by atoms with Gasteiger partial charge in [0.05, 0.1) is 17.0 Å². The number of hydrogen-bond acceptors (Lipinski definition) is 5. The summed E-state index contributed by atoms with van der Waals surface area (Å²) < 4.78 is 21.7. The van der Waals surface area contributed by atoms with Crippen molar-refractivity contribution < 1.29 is 23.5 Å². The highest BCUT2D eigenvalue weighted by molar-refractivity contribution is 6.31. The van der Waals surface area contributed by atoms with Crippen molar-refractivity contribution in [2.75, 3.05) is 11.9 Å². The van der Waals surface area contributed by atoms with Crippen LogP contribution >= 0.6 is 23.2 Å². The standard InChI is InChI=1S/C32H36Cl2FN3O4/c1-30(2)8-10-31(11-9-30)14-19(23(39)12-17-6-7-24(28(36)40)42-16-17)26(18-4-3-5-21(33)27(18)35)32(31)20-15-37-25(34)13-22(20)38-29(32)41/h3-5,13,15,17,19,24,26H,6-12,14,16H2,1-2H3,(H2,36,40)(H,38,41)/t17-,19-,24-,26-,32+/m0/s1. The normalized spacial score (nSPS) is 31.2. The maximum atomic E-state index is 16.1. The minimum Gasteiger partial charge on any atom is -0.368 e. The van der Waals surface area contributed by atoms with Crippen molar-refractivity contribution in [1.29, 1.82) is 0 Å². The van der Waals surface area contributed by atoms with E-state index in [9.17, 15) is 14.4 Å². The van der Waals surface area contributed by atoms with Gasteiger partial charge in [0.1, 0.15) is 22.9 Å². The minimum absolute atomic E-state index is 0.0326. The van der Waals surface area contributed by atoms with Crippen molar-refractivity contribution in [2.45, 2.75) is 82.7 Å². The van der Waals surface area contributed by atoms with Crippen LogP contribution < -0.4 is 11.1 Å². The molecule has 3 heterocycles. The number of halogens is 3. The van der Waals surface area contributed by atoms with Crippen LogP contribution in [0, 0.1) is 28.5 Å². The fraction of sp³-hybridized carbons (Fsp3) is 0.562. The number of fused-ring (bicyclic) bond motifs is 3. The second-order valence-corrected chi connectivity index (χ2v) is 14.3. The van der Waals surface area contributed by atoms with Crippen molar-refractivity contribution in [3.8, 4) is 0 Å². The summed E-state index contributed by atoms with van der Waals surface area (Å²) in [7, 11) is 0. The minimum atomic E-state index is -1.23. The van der Waals surface area contributed by atoms with Gasteiger partial charge in [-0.25, -0.2) is 9.37 Å². The van der Waals surface area contributed by atoms with Crippen molar-refractivity contribution in [3.05, 3.63) is 57.6 Å². The van der Waals surface area contributed by atoms with Gasteiger partial charge in [0, 0.05) is 35.7 Å². The summed E-state index contributed by atoms with van der Waals surface area (Å²) in [6.07, 6.45) is 5.89. The zero-order chi connectivity index (χ0) is 30.0. The monoisotopic (exact) mass is 615 g/mol. The second-order valence-electron chi connectivity index (χ2n) is 13.5. The largest absolute Gasteiger partial charge is 0.368 e. The first-order valence-corrected chi connectivity index (χ1v) is 15.5. The van der Waals surface area contributed by atoms with Crippen LogP contribution in [0.2, 0.25) is 10.2 Å². The number of aromatic nitrogens is 1. The second kappa shape index (κ2) is 10.6. The summed E-state index contributed by atoms with van der Waals surface area (Å²) in [6.45, 7) is 4.70. The Morgan fingerprint density at radius 2 is 1.90 bits per heavy atom. The third-order valence-electron chi connectivity index (χ3n) is 10.7. The topological polar surface area (TPSA) is 111 Å². The molecule has 7 nitrogen and oxygen atoms in total. The summed E-state index contributed by atoms with van der Waals surface area (Å²) >= 11 is 12.6. The van der Waals surface area contributed by atoms with E-state index in [-0.39, 0.29) is 51.8 Å². The molecule has 3 N–H and O–H groups in total. The van der Waals surface area contributed by atoms with E-state index in [2.05, 4.69) is 24.1 Å². The van der Waals surface area contributed by atoms with Gasteiger partial charge in [-0.3, -0.25) is 14.4 Å². The molecule has 224 valence electrons. The maximum absolute atomic E-state index is 16.1. The molecule has 2 aromatic rings. The molecule has 1 saturated heterocycles. The van der Waals surface area contributed by atoms with Gasteiger partial charge < -0.3 is 15.8 Å². The molecule has 0 bridgehead atoms. The molecule has 3 fully saturated rings. The summed E-state index contributed by atoms with van der Waals surface area (Å²) in [6, 6.07) is 6.46. The highest BCUT2D eigenvalue weighted by Crippen LogP contribution is 2.72. The molecular weight excluding hydrogens is 580 g/mol. The van der Waals surface area contributed by atoms with Crippen LogP contribution in [0.1, 0.15) is 82.3 Å². The molecule has 42 heavy (non-hydrogen) atoms. The number of benzene rings is 1. The molecule has 2 aliphatic carbocycles. The molecule has 2 amide bonds. The number of ether oxygens (including phenoxy) is 1. The average molecular weight is 617 g/mol. The molecule has 1 aromatic carbocycles. The first kappa shape index (κ1) is 29.5. The van der Waals surface area contributed by atoms with Gasteiger partial charge in [-0.1, -0.05) is 49.2 Å². The predicted molar refractivity (Wildman–Crippen MR) is 158 cm³/mol. The number of anilines is 1. The molecule has 2 saturated carbocycles. The number of Topliss-reactive ketones (excluding diaryl/α,β-unsaturated/α-hetero) is 1. The number of nitrogens with two attached hydrogens (primary N) is 1. The van der Waals surface area contributed by atoms with E-state index in [1.807, 2.05) is 0 Å². The van der Waals surface area contributed by atoms with Crippen molar-refractivity contribution in [2.24, 2.45) is 28.4 Å². The number of carbonyl (C=O) groups is 3. The molecule has 5 atom stereocenters. The quantitative estimate of drug-likeness (QED) is 0.381. The Morgan fingerprint density at radius 3 is 2.57 bits per heavy atom. The summed E-state index contributed by atoms with van der Waals surface area (Å²) in [5.74, 6) is -2.92. The molecule has 2 spiro atoms. The summed E-state index contributed by atoms with van der Waals surface area (Å²) in [5, 5.41) is 3.25. The van der Waals surface area contributed by atoms with Crippen molar-refractivity contribution in [3.63, 3.8) is 0 Å². The lowest BCUT2D eigenvalue weighted by Crippen LogP contribution is -2.52. The number of pyridine rings is 1. The fourth-order valence-corrected chi connectivity index (χ4v) is 8.84. The number of hydrogen-bond donors (Lipinski definition) is 2. The number of nitrogens with zero attached hydrogens (tertiary/aromatic N) is 1. The van der Waals surface area contributed by atoms with Crippen LogP contribution in [0.3, 0.4) is 0 Å². The zero-order valence-electron chi connectivity index (χ0n) is 23.9. The number of rotatable bonds is 5. The van der Waals surface area contributed by atoms with Gasteiger partial charge in [0.25, 0.3) is 0 Å². The number of amides is 2. The van der Waals surface area contributed by atoms with Crippen molar-refractivity contribution >= 4 is 46.5 Å². The molecule has 6 rings (SSSR count). The molecule has 4 aliphatic rings. The Hall–Kier alpha value is -2.55. The van der Waals surface area contributed by atoms with E-state index in [0.29, 0.717) is 43.4 Å². The first-order valence-electron chi connectivity index (χ1n) is 14.7. The Labute approximate surface area is 255 Å². The summed E-state index contributed by atoms with van der Waals surface area (Å²) in [4.78, 5) is 44.9. The van der Waals surface area contributed by atoms with Gasteiger partial charge in [0.2, 0.25) is 11.8 Å². The molecule has 2 aliphatic heterocycles. The molecule has 0 unspecified atom stereocenters. The highest BCUT2D eigenvalue weighted by atomic mass is 35.5. The van der Waals surface area contributed by atoms with Crippen LogP contribution in [0.25, 0.3) is 0 Å². The van der Waals surface area contributed by atoms with E-state index in [1.54, 1.807) is 24.4 Å². The summed E-state index contributed by atoms with van der Waals surface area (Å²) in [5.41, 5.74) is 5.16. The maximum Gasteiger partial charge on any atom is 0.246 e. The molecule has 1 aromatic heterocycles. The molecular formula is C32H36Cl2FN3O4. The third kappa shape index (κ3) is 4.56. The molecule has 10 heteroatoms. The van der Waals surface area contributed by atoms with E-state index in [1.165, 1.54) is 6.07 Å². The Bertz CT molecular complexity index is 1450. The Balaban J connectivity index is 1.49. The number of primary amides is 1. The van der Waals surface area contributed by atoms with Crippen LogP contribution in [0.5, 0.6) is 0 Å². The highest BCUT2D eigenvalue weighted by Gasteiger charge is 2.72. The van der Waals surface area contributed by atoms with Crippen LogP contribution in [-0.2, 0) is 24.5 Å². The third-order valence-corrected chi connectivity index (χ3v) is 11.2. The lowest BCUT2D eigenvalue weighted by molar-refractivity contribution is -0.135. The smallest absolute Gasteiger partial charge is 0.246 e. The first-order chi connectivity index (χ1) is 19.9. The van der Waals surface area contributed by atoms with Crippen LogP contribution in [0.4, 0.5) is 10.1 Å². The molecule has 0 radical (unpaired) electrons. The van der Waals surface area contributed by atoms with Gasteiger partial charge in [-0.2, -0.15) is 0 Å². The SMILES string of the molecule is CC1(C)CCC2(CC1)C[C@@H](C(=O)C[C@@H]1CC[C@@H](C(N)=O)OC1)[C@H](c1cccc(Cl)c1F)[C@]21C(=O)Nc2cc(Cl)ncc21. The van der Waals surface area contributed by atoms with E-state index in [0.717, 1.165) is 12.8 Å². The van der Waals surface area contributed by atoms with Crippen molar-refractivity contribution in [1.82, 2.24) is 4.98 Å². The predicted octanol–water partition coefficient (Wildman–Crippen LogP) is 6.35. The number of nitrogens with one attached hydrogen (secondary N) is 1. The lowest BCUT2D eigenvalue weighted by Gasteiger charge is -2.50. The van der Waals surface area contributed by atoms with Gasteiger partial charge in [-0.05, 0) is 79.4 Å². The van der Waals surface area contributed by atoms with E-state index in [4.69, 9.17) is 33.7 Å². The van der Waals surface area contributed by atoms with Crippen LogP contribution in [0.15, 0.2) is 30.5 Å². The lowest BCUT2D eigenvalue weighted by atomic mass is 9.51. The van der Waals surface area contributed by atoms with Gasteiger partial charge >= 0.3 is 0 Å². The van der Waals surface area contributed by atoms with Gasteiger partial charge in [-0.15, -0.1) is 0 Å². The Morgan fingerprint density at radius 1 is 1.17 bits per heavy atom.